The van der Waals surface area contributed by atoms with Crippen molar-refractivity contribution in [3.63, 3.8) is 0 Å². The predicted octanol–water partition coefficient (Wildman–Crippen LogP) is 1.63. The van der Waals surface area contributed by atoms with Gasteiger partial charge in [0.25, 0.3) is 0 Å². The summed E-state index contributed by atoms with van der Waals surface area (Å²) in [5.74, 6) is -0.218. The summed E-state index contributed by atoms with van der Waals surface area (Å²) < 4.78 is 18.5. The van der Waals surface area contributed by atoms with Crippen molar-refractivity contribution in [3.8, 4) is 5.75 Å². The standard InChI is InChI=1S/C13H18BFO3/c1-2-3-4-5-6-7-18-13-9-11(14(16)17)8-12(15)10-13/h2,8-10,16-17H,1,3-7H2. The molecule has 1 rings (SSSR count). The Bertz CT molecular complexity index is 382. The summed E-state index contributed by atoms with van der Waals surface area (Å²) in [6.07, 6.45) is 5.83. The first-order valence-corrected chi connectivity index (χ1v) is 6.04. The number of benzene rings is 1. The molecule has 0 atom stereocenters. The zero-order valence-electron chi connectivity index (χ0n) is 10.3. The van der Waals surface area contributed by atoms with Gasteiger partial charge in [-0.3, -0.25) is 0 Å². The van der Waals surface area contributed by atoms with Crippen LogP contribution in [0, 0.1) is 5.82 Å². The lowest BCUT2D eigenvalue weighted by Crippen LogP contribution is -2.30. The van der Waals surface area contributed by atoms with E-state index in [1.807, 2.05) is 6.08 Å². The Morgan fingerprint density at radius 1 is 1.22 bits per heavy atom. The van der Waals surface area contributed by atoms with E-state index in [-0.39, 0.29) is 5.46 Å². The zero-order valence-corrected chi connectivity index (χ0v) is 10.3. The van der Waals surface area contributed by atoms with Crippen molar-refractivity contribution in [2.24, 2.45) is 0 Å². The molecule has 3 nitrogen and oxygen atoms in total. The smallest absolute Gasteiger partial charge is 0.488 e. The summed E-state index contributed by atoms with van der Waals surface area (Å²) in [5, 5.41) is 17.9. The predicted molar refractivity (Wildman–Crippen MR) is 70.4 cm³/mol. The molecule has 0 aliphatic heterocycles. The summed E-state index contributed by atoms with van der Waals surface area (Å²) in [4.78, 5) is 0. The highest BCUT2D eigenvalue weighted by atomic mass is 19.1. The van der Waals surface area contributed by atoms with Crippen LogP contribution in [0.15, 0.2) is 30.9 Å². The van der Waals surface area contributed by atoms with Gasteiger partial charge in [-0.2, -0.15) is 0 Å². The Labute approximate surface area is 107 Å². The van der Waals surface area contributed by atoms with Crippen LogP contribution in [0.25, 0.3) is 0 Å². The highest BCUT2D eigenvalue weighted by Crippen LogP contribution is 2.12. The second kappa shape index (κ2) is 7.90. The maximum atomic E-state index is 13.2. The van der Waals surface area contributed by atoms with Gasteiger partial charge < -0.3 is 14.8 Å². The first-order chi connectivity index (χ1) is 8.63. The third-order valence-corrected chi connectivity index (χ3v) is 2.51. The van der Waals surface area contributed by atoms with E-state index in [1.165, 1.54) is 12.1 Å². The maximum absolute atomic E-state index is 13.2. The van der Waals surface area contributed by atoms with Crippen LogP contribution in [0.5, 0.6) is 5.75 Å². The first-order valence-electron chi connectivity index (χ1n) is 6.04. The highest BCUT2D eigenvalue weighted by Gasteiger charge is 2.13. The minimum Gasteiger partial charge on any atom is -0.494 e. The molecule has 0 spiro atoms. The molecule has 98 valence electrons. The third-order valence-electron chi connectivity index (χ3n) is 2.51. The van der Waals surface area contributed by atoms with Crippen LogP contribution in [0.4, 0.5) is 4.39 Å². The topological polar surface area (TPSA) is 49.7 Å². The van der Waals surface area contributed by atoms with E-state index in [1.54, 1.807) is 0 Å². The number of ether oxygens (including phenoxy) is 1. The minimum atomic E-state index is -1.68. The number of unbranched alkanes of at least 4 members (excludes halogenated alkanes) is 3. The van der Waals surface area contributed by atoms with Crippen molar-refractivity contribution in [3.05, 3.63) is 36.7 Å². The number of rotatable bonds is 8. The van der Waals surface area contributed by atoms with Crippen LogP contribution in [-0.4, -0.2) is 23.8 Å². The molecule has 0 saturated heterocycles. The monoisotopic (exact) mass is 252 g/mol. The fraction of sp³-hybridized carbons (Fsp3) is 0.385. The summed E-state index contributed by atoms with van der Waals surface area (Å²) in [5.41, 5.74) is 0.0941. The second-order valence-electron chi connectivity index (χ2n) is 4.08. The molecule has 0 aliphatic rings. The van der Waals surface area contributed by atoms with Gasteiger partial charge in [0.1, 0.15) is 11.6 Å². The largest absolute Gasteiger partial charge is 0.494 e. The Balaban J connectivity index is 2.39. The Hall–Kier alpha value is -1.33. The Morgan fingerprint density at radius 3 is 2.67 bits per heavy atom. The molecule has 0 saturated carbocycles. The molecule has 1 aromatic rings. The summed E-state index contributed by atoms with van der Waals surface area (Å²) in [6, 6.07) is 3.73. The fourth-order valence-corrected chi connectivity index (χ4v) is 1.57. The highest BCUT2D eigenvalue weighted by molar-refractivity contribution is 6.58. The lowest BCUT2D eigenvalue weighted by molar-refractivity contribution is 0.304. The summed E-state index contributed by atoms with van der Waals surface area (Å²) in [6.45, 7) is 4.13. The molecule has 5 heteroatoms. The van der Waals surface area contributed by atoms with Gasteiger partial charge in [-0.05, 0) is 43.3 Å². The van der Waals surface area contributed by atoms with E-state index in [9.17, 15) is 4.39 Å². The SMILES string of the molecule is C=CCCCCCOc1cc(F)cc(B(O)O)c1. The number of allylic oxidation sites excluding steroid dienone is 1. The molecule has 0 aliphatic carbocycles. The molecule has 0 amide bonds. The lowest BCUT2D eigenvalue weighted by atomic mass is 9.80. The van der Waals surface area contributed by atoms with Gasteiger partial charge in [-0.15, -0.1) is 6.58 Å². The Morgan fingerprint density at radius 2 is 2.00 bits per heavy atom. The molecule has 0 fully saturated rings. The molecule has 0 radical (unpaired) electrons. The van der Waals surface area contributed by atoms with Crippen LogP contribution in [0.3, 0.4) is 0 Å². The molecule has 1 aromatic carbocycles. The number of hydrogen-bond donors (Lipinski definition) is 2. The fourth-order valence-electron chi connectivity index (χ4n) is 1.57. The van der Waals surface area contributed by atoms with Gasteiger partial charge in [0.2, 0.25) is 0 Å². The minimum absolute atomic E-state index is 0.0941. The molecule has 2 N–H and O–H groups in total. The number of halogens is 1. The molecular weight excluding hydrogens is 234 g/mol. The maximum Gasteiger partial charge on any atom is 0.488 e. The van der Waals surface area contributed by atoms with Crippen molar-refractivity contribution in [1.82, 2.24) is 0 Å². The first kappa shape index (κ1) is 14.7. The summed E-state index contributed by atoms with van der Waals surface area (Å²) >= 11 is 0. The molecule has 18 heavy (non-hydrogen) atoms. The van der Waals surface area contributed by atoms with Crippen LogP contribution in [0.1, 0.15) is 25.7 Å². The van der Waals surface area contributed by atoms with E-state index >= 15 is 0 Å². The molecular formula is C13H18BFO3. The molecule has 0 unspecified atom stereocenters. The van der Waals surface area contributed by atoms with E-state index in [0.717, 1.165) is 31.7 Å². The van der Waals surface area contributed by atoms with E-state index < -0.39 is 12.9 Å². The quantitative estimate of drug-likeness (QED) is 0.420. The van der Waals surface area contributed by atoms with Crippen molar-refractivity contribution in [2.45, 2.75) is 25.7 Å². The lowest BCUT2D eigenvalue weighted by Gasteiger charge is -2.08. The summed E-state index contributed by atoms with van der Waals surface area (Å²) in [7, 11) is -1.68. The average Bonchev–Trinajstić information content (AvgIpc) is 2.33. The molecule has 0 aromatic heterocycles. The van der Waals surface area contributed by atoms with Gasteiger partial charge in [0.05, 0.1) is 6.61 Å². The third kappa shape index (κ3) is 5.34. The van der Waals surface area contributed by atoms with E-state index in [0.29, 0.717) is 12.4 Å². The number of hydrogen-bond acceptors (Lipinski definition) is 3. The Kier molecular flexibility index (Phi) is 6.46. The van der Waals surface area contributed by atoms with E-state index in [2.05, 4.69) is 6.58 Å². The van der Waals surface area contributed by atoms with Crippen LogP contribution in [-0.2, 0) is 0 Å². The van der Waals surface area contributed by atoms with Crippen molar-refractivity contribution in [1.29, 1.82) is 0 Å². The van der Waals surface area contributed by atoms with Crippen LogP contribution >= 0.6 is 0 Å². The average molecular weight is 252 g/mol. The van der Waals surface area contributed by atoms with Gasteiger partial charge >= 0.3 is 7.12 Å². The second-order valence-corrected chi connectivity index (χ2v) is 4.08. The van der Waals surface area contributed by atoms with Crippen LogP contribution < -0.4 is 10.2 Å². The molecule has 0 bridgehead atoms. The van der Waals surface area contributed by atoms with Crippen molar-refractivity contribution in [2.75, 3.05) is 6.61 Å². The van der Waals surface area contributed by atoms with Gasteiger partial charge in [0.15, 0.2) is 0 Å². The zero-order chi connectivity index (χ0) is 13.4. The normalized spacial score (nSPS) is 10.2. The molecule has 0 heterocycles. The van der Waals surface area contributed by atoms with Gasteiger partial charge in [-0.25, -0.2) is 4.39 Å². The van der Waals surface area contributed by atoms with Crippen molar-refractivity contribution >= 4 is 12.6 Å². The van der Waals surface area contributed by atoms with E-state index in [4.69, 9.17) is 14.8 Å². The van der Waals surface area contributed by atoms with Crippen LogP contribution in [0.2, 0.25) is 0 Å². The van der Waals surface area contributed by atoms with Gasteiger partial charge in [-0.1, -0.05) is 6.08 Å². The van der Waals surface area contributed by atoms with Gasteiger partial charge in [0, 0.05) is 6.07 Å². The van der Waals surface area contributed by atoms with Crippen molar-refractivity contribution < 1.29 is 19.2 Å².